The molecule has 0 unspecified atom stereocenters. The number of halogens is 3. The molecule has 1 aliphatic heterocycles. The lowest BCUT2D eigenvalue weighted by atomic mass is 9.89. The largest absolute Gasteiger partial charge is 0.416 e. The highest BCUT2D eigenvalue weighted by Gasteiger charge is 2.55. The van der Waals surface area contributed by atoms with Crippen molar-refractivity contribution < 1.29 is 13.2 Å². The molecule has 2 aromatic heterocycles. The van der Waals surface area contributed by atoms with Crippen LogP contribution in [0.4, 0.5) is 13.2 Å². The molecule has 0 radical (unpaired) electrons. The van der Waals surface area contributed by atoms with Crippen molar-refractivity contribution in [1.29, 1.82) is 0 Å². The number of fused-ring (bicyclic) bond motifs is 1. The van der Waals surface area contributed by atoms with Crippen molar-refractivity contribution in [3.05, 3.63) is 53.9 Å². The topological polar surface area (TPSA) is 59.7 Å². The van der Waals surface area contributed by atoms with E-state index in [1.54, 1.807) is 36.3 Å². The Morgan fingerprint density at radius 2 is 1.91 bits per heavy atom. The maximum absolute atomic E-state index is 12.9. The molecule has 180 valence electrons. The van der Waals surface area contributed by atoms with Gasteiger partial charge in [0.05, 0.1) is 18.0 Å². The third kappa shape index (κ3) is 4.70. The highest BCUT2D eigenvalue weighted by molar-refractivity contribution is 7.99. The van der Waals surface area contributed by atoms with Crippen LogP contribution < -0.4 is 0 Å². The molecule has 0 spiro atoms. The van der Waals surface area contributed by atoms with Crippen LogP contribution in [-0.2, 0) is 18.6 Å². The van der Waals surface area contributed by atoms with Crippen molar-refractivity contribution in [2.45, 2.75) is 42.4 Å². The van der Waals surface area contributed by atoms with Crippen molar-refractivity contribution in [3.8, 4) is 11.4 Å². The van der Waals surface area contributed by atoms with Crippen LogP contribution in [0.25, 0.3) is 11.4 Å². The van der Waals surface area contributed by atoms with Crippen LogP contribution in [-0.4, -0.2) is 55.2 Å². The average Bonchev–Trinajstić information content (AvgIpc) is 3.47. The molecule has 6 nitrogen and oxygen atoms in total. The van der Waals surface area contributed by atoms with Crippen LogP contribution in [0.3, 0.4) is 0 Å². The molecule has 0 bridgehead atoms. The molecule has 5 rings (SSSR count). The van der Waals surface area contributed by atoms with E-state index >= 15 is 0 Å². The monoisotopic (exact) mass is 488 g/mol. The lowest BCUT2D eigenvalue weighted by Gasteiger charge is -2.22. The van der Waals surface area contributed by atoms with Gasteiger partial charge in [0.2, 0.25) is 0 Å². The summed E-state index contributed by atoms with van der Waals surface area (Å²) >= 11 is 1.70. The van der Waals surface area contributed by atoms with Gasteiger partial charge in [-0.2, -0.15) is 23.4 Å². The van der Waals surface area contributed by atoms with Gasteiger partial charge >= 0.3 is 6.18 Å². The Kier molecular flexibility index (Phi) is 6.37. The molecule has 3 heterocycles. The molecule has 2 aliphatic rings. The molecule has 1 aliphatic carbocycles. The molecule has 2 fully saturated rings. The van der Waals surface area contributed by atoms with Crippen molar-refractivity contribution >= 4 is 11.8 Å². The van der Waals surface area contributed by atoms with Gasteiger partial charge in [-0.3, -0.25) is 0 Å². The highest BCUT2D eigenvalue weighted by Crippen LogP contribution is 2.59. The first-order valence-corrected chi connectivity index (χ1v) is 12.5. The van der Waals surface area contributed by atoms with Crippen molar-refractivity contribution in [2.75, 3.05) is 25.4 Å². The minimum absolute atomic E-state index is 0.0739. The summed E-state index contributed by atoms with van der Waals surface area (Å²) in [7, 11) is 1.96. The zero-order valence-corrected chi connectivity index (χ0v) is 19.8. The zero-order chi connectivity index (χ0) is 23.8. The van der Waals surface area contributed by atoms with Gasteiger partial charge in [-0.1, -0.05) is 23.9 Å². The van der Waals surface area contributed by atoms with E-state index in [1.807, 2.05) is 17.7 Å². The normalized spacial score (nSPS) is 22.9. The summed E-state index contributed by atoms with van der Waals surface area (Å²) in [6.45, 7) is 3.06. The summed E-state index contributed by atoms with van der Waals surface area (Å²) in [4.78, 5) is 2.50. The smallest absolute Gasteiger partial charge is 0.305 e. The Hall–Kier alpha value is -2.46. The molecule has 0 N–H and O–H groups in total. The number of rotatable bonds is 7. The van der Waals surface area contributed by atoms with E-state index in [1.165, 1.54) is 12.1 Å². The van der Waals surface area contributed by atoms with Crippen LogP contribution in [0.1, 0.15) is 36.8 Å². The lowest BCUT2D eigenvalue weighted by molar-refractivity contribution is -0.137. The summed E-state index contributed by atoms with van der Waals surface area (Å²) < 4.78 is 40.7. The minimum Gasteiger partial charge on any atom is -0.305 e. The molecule has 1 saturated heterocycles. The second-order valence-corrected chi connectivity index (χ2v) is 10.3. The third-order valence-electron chi connectivity index (χ3n) is 7.21. The van der Waals surface area contributed by atoms with Crippen LogP contribution in [0.2, 0.25) is 0 Å². The number of aromatic nitrogens is 5. The molecule has 2 atom stereocenters. The first-order valence-electron chi connectivity index (χ1n) is 11.6. The standard InChI is InChI=1S/C24H27F3N6S/c1-32-21(17-7-10-28-29-16-17)30-31-22(32)34-14-2-11-33-12-8-20-15-23(20,9-13-33)18-3-5-19(6-4-18)24(25,26)27/h3-7,10,16,20H,2,8-9,11-15H2,1H3/t20-,23+/m0/s1. The molecule has 10 heteroatoms. The Labute approximate surface area is 201 Å². The maximum atomic E-state index is 12.9. The number of hydrogen-bond donors (Lipinski definition) is 0. The van der Waals surface area contributed by atoms with E-state index in [0.29, 0.717) is 5.92 Å². The van der Waals surface area contributed by atoms with Gasteiger partial charge in [0.15, 0.2) is 11.0 Å². The Morgan fingerprint density at radius 3 is 2.65 bits per heavy atom. The molecule has 1 aromatic carbocycles. The van der Waals surface area contributed by atoms with Gasteiger partial charge in [-0.25, -0.2) is 0 Å². The van der Waals surface area contributed by atoms with Crippen LogP contribution in [0, 0.1) is 5.92 Å². The van der Waals surface area contributed by atoms with E-state index in [9.17, 15) is 13.2 Å². The average molecular weight is 489 g/mol. The fourth-order valence-electron chi connectivity index (χ4n) is 5.15. The SMILES string of the molecule is Cn1c(SCCCN2CC[C@H]3C[C@@]3(c3ccc(C(F)(F)F)cc3)CC2)nnc1-c1ccnnc1. The van der Waals surface area contributed by atoms with Crippen LogP contribution in [0.15, 0.2) is 47.9 Å². The Balaban J connectivity index is 1.11. The number of benzene rings is 1. The van der Waals surface area contributed by atoms with E-state index in [4.69, 9.17) is 0 Å². The first kappa shape index (κ1) is 23.3. The van der Waals surface area contributed by atoms with Gasteiger partial charge in [0.25, 0.3) is 0 Å². The number of thioether (sulfide) groups is 1. The summed E-state index contributed by atoms with van der Waals surface area (Å²) in [6.07, 6.45) is 3.32. The first-order chi connectivity index (χ1) is 16.4. The van der Waals surface area contributed by atoms with Crippen molar-refractivity contribution in [1.82, 2.24) is 29.9 Å². The van der Waals surface area contributed by atoms with Crippen molar-refractivity contribution in [2.24, 2.45) is 13.0 Å². The fourth-order valence-corrected chi connectivity index (χ4v) is 5.99. The molecule has 0 amide bonds. The maximum Gasteiger partial charge on any atom is 0.416 e. The summed E-state index contributed by atoms with van der Waals surface area (Å²) in [5, 5.41) is 17.2. The van der Waals surface area contributed by atoms with E-state index in [0.717, 1.165) is 73.2 Å². The predicted molar refractivity (Wildman–Crippen MR) is 124 cm³/mol. The van der Waals surface area contributed by atoms with E-state index < -0.39 is 11.7 Å². The lowest BCUT2D eigenvalue weighted by Crippen LogP contribution is -2.27. The summed E-state index contributed by atoms with van der Waals surface area (Å²) in [6, 6.07) is 7.75. The predicted octanol–water partition coefficient (Wildman–Crippen LogP) is 4.83. The summed E-state index contributed by atoms with van der Waals surface area (Å²) in [5.74, 6) is 2.31. The van der Waals surface area contributed by atoms with E-state index in [2.05, 4.69) is 25.3 Å². The third-order valence-corrected chi connectivity index (χ3v) is 8.32. The molecule has 1 saturated carbocycles. The molecule has 3 aromatic rings. The number of hydrogen-bond acceptors (Lipinski definition) is 6. The van der Waals surface area contributed by atoms with E-state index in [-0.39, 0.29) is 5.41 Å². The van der Waals surface area contributed by atoms with Gasteiger partial charge in [0, 0.05) is 18.4 Å². The molecular formula is C24H27F3N6S. The number of likely N-dealkylation sites (tertiary alicyclic amines) is 1. The van der Waals surface area contributed by atoms with Crippen LogP contribution >= 0.6 is 11.8 Å². The Bertz CT molecular complexity index is 1120. The van der Waals surface area contributed by atoms with Gasteiger partial charge in [-0.15, -0.1) is 10.2 Å². The quantitative estimate of drug-likeness (QED) is 0.351. The van der Waals surface area contributed by atoms with Gasteiger partial charge in [-0.05, 0) is 80.4 Å². The fraction of sp³-hybridized carbons (Fsp3) is 0.500. The molecule has 34 heavy (non-hydrogen) atoms. The molecular weight excluding hydrogens is 461 g/mol. The van der Waals surface area contributed by atoms with Crippen molar-refractivity contribution in [3.63, 3.8) is 0 Å². The highest BCUT2D eigenvalue weighted by atomic mass is 32.2. The number of alkyl halides is 3. The van der Waals surface area contributed by atoms with Gasteiger partial charge in [0.1, 0.15) is 0 Å². The number of nitrogens with zero attached hydrogens (tertiary/aromatic N) is 6. The Morgan fingerprint density at radius 1 is 1.09 bits per heavy atom. The zero-order valence-electron chi connectivity index (χ0n) is 19.0. The second-order valence-electron chi connectivity index (χ2n) is 9.21. The second kappa shape index (κ2) is 9.30. The minimum atomic E-state index is -4.28. The van der Waals surface area contributed by atoms with Gasteiger partial charge < -0.3 is 9.47 Å². The summed E-state index contributed by atoms with van der Waals surface area (Å²) in [5.41, 5.74) is 1.47. The van der Waals surface area contributed by atoms with Crippen LogP contribution in [0.5, 0.6) is 0 Å².